The highest BCUT2D eigenvalue weighted by molar-refractivity contribution is 7.89. The van der Waals surface area contributed by atoms with E-state index in [0.717, 1.165) is 5.56 Å². The molecule has 0 amide bonds. The molecule has 1 fully saturated rings. The van der Waals surface area contributed by atoms with Gasteiger partial charge in [0.05, 0.1) is 10.8 Å². The predicted molar refractivity (Wildman–Crippen MR) is 118 cm³/mol. The third kappa shape index (κ3) is 4.72. The van der Waals surface area contributed by atoms with E-state index in [2.05, 4.69) is 4.74 Å². The van der Waals surface area contributed by atoms with Crippen molar-refractivity contribution >= 4 is 21.7 Å². The minimum Gasteiger partial charge on any atom is -0.481 e. The number of benzene rings is 2. The second-order valence-corrected chi connectivity index (χ2v) is 10.6. The second-order valence-electron chi connectivity index (χ2n) is 8.82. The number of aliphatic carboxylic acids is 1. The summed E-state index contributed by atoms with van der Waals surface area (Å²) < 4.78 is 70.0. The fraction of sp³-hybridized carbons (Fsp3) is 0.435. The number of ether oxygens (including phenoxy) is 1. The van der Waals surface area contributed by atoms with Gasteiger partial charge in [0.2, 0.25) is 10.0 Å². The Kier molecular flexibility index (Phi) is 6.28. The first-order chi connectivity index (χ1) is 15.9. The quantitative estimate of drug-likeness (QED) is 0.677. The minimum absolute atomic E-state index is 0.148. The van der Waals surface area contributed by atoms with Crippen molar-refractivity contribution in [1.29, 1.82) is 0 Å². The molecule has 1 N–H and O–H groups in total. The number of carbonyl (C=O) groups is 1. The lowest BCUT2D eigenvalue weighted by Crippen LogP contribution is -2.58. The molecular formula is C23H25F3N2O5S. The molecule has 0 saturated carbocycles. The number of sulfonamides is 1. The Morgan fingerprint density at radius 2 is 1.65 bits per heavy atom. The largest absolute Gasteiger partial charge is 0.573 e. The molecule has 0 bridgehead atoms. The van der Waals surface area contributed by atoms with Gasteiger partial charge in [-0.05, 0) is 68.1 Å². The van der Waals surface area contributed by atoms with Crippen LogP contribution in [0.3, 0.4) is 0 Å². The van der Waals surface area contributed by atoms with Crippen LogP contribution in [0, 0.1) is 5.92 Å². The van der Waals surface area contributed by atoms with Crippen LogP contribution in [-0.2, 0) is 27.7 Å². The van der Waals surface area contributed by atoms with E-state index in [0.29, 0.717) is 30.8 Å². The zero-order valence-corrected chi connectivity index (χ0v) is 19.4. The maximum Gasteiger partial charge on any atom is 0.573 e. The molecule has 0 aromatic heterocycles. The molecule has 4 rings (SSSR count). The SMILES string of the molecule is C[C@@H]1CN(c2ccc(OC(F)(F)F)cc2)C[C@H](C)N1S(=O)(=O)c1cccc2c1CC(C(=O)O)C2. The third-order valence-electron chi connectivity index (χ3n) is 6.33. The highest BCUT2D eigenvalue weighted by Crippen LogP contribution is 2.36. The van der Waals surface area contributed by atoms with Crippen LogP contribution in [0.4, 0.5) is 18.9 Å². The summed E-state index contributed by atoms with van der Waals surface area (Å²) in [6.07, 6.45) is -4.29. The van der Waals surface area contributed by atoms with Crippen LogP contribution in [0.5, 0.6) is 5.75 Å². The minimum atomic E-state index is -4.77. The van der Waals surface area contributed by atoms with E-state index in [4.69, 9.17) is 0 Å². The lowest BCUT2D eigenvalue weighted by Gasteiger charge is -2.44. The number of hydrogen-bond donors (Lipinski definition) is 1. The smallest absolute Gasteiger partial charge is 0.481 e. The van der Waals surface area contributed by atoms with Crippen LogP contribution >= 0.6 is 0 Å². The standard InChI is InChI=1S/C23H25F3N2O5S/c1-14-12-27(18-6-8-19(9-7-18)33-23(24,25)26)13-15(2)28(14)34(31,32)21-5-3-4-16-10-17(22(29)30)11-20(16)21/h3-9,14-15,17H,10-13H2,1-2H3,(H,29,30)/t14-,15+,17?. The average Bonchev–Trinajstić information content (AvgIpc) is 3.17. The second kappa shape index (κ2) is 8.77. The zero-order valence-electron chi connectivity index (χ0n) is 18.6. The summed E-state index contributed by atoms with van der Waals surface area (Å²) in [6.45, 7) is 4.25. The molecule has 1 heterocycles. The molecule has 34 heavy (non-hydrogen) atoms. The third-order valence-corrected chi connectivity index (χ3v) is 8.54. The summed E-state index contributed by atoms with van der Waals surface area (Å²) in [5, 5.41) is 9.39. The van der Waals surface area contributed by atoms with Crippen molar-refractivity contribution in [2.75, 3.05) is 18.0 Å². The molecule has 1 aliphatic heterocycles. The summed E-state index contributed by atoms with van der Waals surface area (Å²) in [7, 11) is -3.90. The molecular weight excluding hydrogens is 473 g/mol. The molecule has 0 spiro atoms. The van der Waals surface area contributed by atoms with Gasteiger partial charge in [-0.15, -0.1) is 13.2 Å². The molecule has 184 valence electrons. The topological polar surface area (TPSA) is 87.2 Å². The maximum absolute atomic E-state index is 13.7. The van der Waals surface area contributed by atoms with Gasteiger partial charge in [0, 0.05) is 30.9 Å². The Morgan fingerprint density at radius 3 is 2.21 bits per heavy atom. The molecule has 11 heteroatoms. The zero-order chi connectivity index (χ0) is 24.8. The predicted octanol–water partition coefficient (Wildman–Crippen LogP) is 3.67. The number of fused-ring (bicyclic) bond motifs is 1. The van der Waals surface area contributed by atoms with Crippen LogP contribution in [-0.4, -0.2) is 55.3 Å². The Morgan fingerprint density at radius 1 is 1.03 bits per heavy atom. The fourth-order valence-corrected chi connectivity index (χ4v) is 7.08. The van der Waals surface area contributed by atoms with Crippen LogP contribution in [0.15, 0.2) is 47.4 Å². The first kappa shape index (κ1) is 24.3. The lowest BCUT2D eigenvalue weighted by atomic mass is 10.1. The summed E-state index contributed by atoms with van der Waals surface area (Å²) in [4.78, 5) is 13.5. The van der Waals surface area contributed by atoms with Crippen molar-refractivity contribution in [3.05, 3.63) is 53.6 Å². The van der Waals surface area contributed by atoms with Crippen LogP contribution < -0.4 is 9.64 Å². The number of carboxylic acids is 1. The molecule has 3 atom stereocenters. The number of piperazine rings is 1. The number of rotatable bonds is 5. The highest BCUT2D eigenvalue weighted by atomic mass is 32.2. The van der Waals surface area contributed by atoms with E-state index in [9.17, 15) is 31.5 Å². The van der Waals surface area contributed by atoms with Gasteiger partial charge in [-0.25, -0.2) is 8.42 Å². The van der Waals surface area contributed by atoms with Gasteiger partial charge in [-0.1, -0.05) is 12.1 Å². The molecule has 2 aromatic rings. The monoisotopic (exact) mass is 498 g/mol. The van der Waals surface area contributed by atoms with Gasteiger partial charge in [-0.2, -0.15) is 4.31 Å². The van der Waals surface area contributed by atoms with Gasteiger partial charge < -0.3 is 14.7 Å². The Labute approximate surface area is 195 Å². The number of anilines is 1. The maximum atomic E-state index is 13.7. The van der Waals surface area contributed by atoms with Crippen molar-refractivity contribution in [3.63, 3.8) is 0 Å². The van der Waals surface area contributed by atoms with Crippen LogP contribution in [0.2, 0.25) is 0 Å². The Hall–Kier alpha value is -2.79. The van der Waals surface area contributed by atoms with Gasteiger partial charge in [0.1, 0.15) is 5.75 Å². The van der Waals surface area contributed by atoms with Gasteiger partial charge in [-0.3, -0.25) is 4.79 Å². The normalized spacial score (nSPS) is 23.6. The van der Waals surface area contributed by atoms with Crippen molar-refractivity contribution in [1.82, 2.24) is 4.31 Å². The molecule has 1 aliphatic carbocycles. The number of hydrogen-bond acceptors (Lipinski definition) is 5. The van der Waals surface area contributed by atoms with Gasteiger partial charge in [0.25, 0.3) is 0 Å². The average molecular weight is 499 g/mol. The van der Waals surface area contributed by atoms with Crippen molar-refractivity contribution in [2.24, 2.45) is 5.92 Å². The molecule has 2 aromatic carbocycles. The number of alkyl halides is 3. The van der Waals surface area contributed by atoms with E-state index >= 15 is 0 Å². The summed E-state index contributed by atoms with van der Waals surface area (Å²) in [6, 6.07) is 9.59. The number of carboxylic acid groups (broad SMARTS) is 1. The number of halogens is 3. The van der Waals surface area contributed by atoms with Crippen LogP contribution in [0.1, 0.15) is 25.0 Å². The van der Waals surface area contributed by atoms with Crippen molar-refractivity contribution < 1.29 is 36.2 Å². The summed E-state index contributed by atoms with van der Waals surface area (Å²) in [5.41, 5.74) is 1.97. The molecule has 2 aliphatic rings. The summed E-state index contributed by atoms with van der Waals surface area (Å²) in [5.74, 6) is -1.90. The lowest BCUT2D eigenvalue weighted by molar-refractivity contribution is -0.274. The molecule has 1 unspecified atom stereocenters. The van der Waals surface area contributed by atoms with E-state index in [1.165, 1.54) is 34.6 Å². The van der Waals surface area contributed by atoms with E-state index in [-0.39, 0.29) is 17.1 Å². The molecule has 7 nitrogen and oxygen atoms in total. The first-order valence-corrected chi connectivity index (χ1v) is 12.3. The fourth-order valence-electron chi connectivity index (χ4n) is 5.00. The summed E-state index contributed by atoms with van der Waals surface area (Å²) >= 11 is 0. The molecule has 1 saturated heterocycles. The van der Waals surface area contributed by atoms with E-state index in [1.54, 1.807) is 26.0 Å². The van der Waals surface area contributed by atoms with E-state index < -0.39 is 40.4 Å². The molecule has 0 radical (unpaired) electrons. The van der Waals surface area contributed by atoms with Gasteiger partial charge >= 0.3 is 12.3 Å². The van der Waals surface area contributed by atoms with Crippen LogP contribution in [0.25, 0.3) is 0 Å². The Balaban J connectivity index is 1.55. The Bertz CT molecular complexity index is 1170. The number of nitrogens with zero attached hydrogens (tertiary/aromatic N) is 2. The first-order valence-electron chi connectivity index (χ1n) is 10.8. The van der Waals surface area contributed by atoms with Crippen molar-refractivity contribution in [2.45, 2.75) is 50.0 Å². The van der Waals surface area contributed by atoms with Crippen molar-refractivity contribution in [3.8, 4) is 5.75 Å². The van der Waals surface area contributed by atoms with Gasteiger partial charge in [0.15, 0.2) is 0 Å². The highest BCUT2D eigenvalue weighted by Gasteiger charge is 2.41. The van der Waals surface area contributed by atoms with E-state index in [1.807, 2.05) is 4.90 Å².